The molecule has 6 heteroatoms. The van der Waals surface area contributed by atoms with Crippen LogP contribution in [0.25, 0.3) is 0 Å². The highest BCUT2D eigenvalue weighted by atomic mass is 19.1. The molecule has 0 aromatic heterocycles. The van der Waals surface area contributed by atoms with Crippen LogP contribution in [0.3, 0.4) is 0 Å². The lowest BCUT2D eigenvalue weighted by atomic mass is 10.2. The van der Waals surface area contributed by atoms with E-state index in [1.807, 2.05) is 0 Å². The van der Waals surface area contributed by atoms with Crippen molar-refractivity contribution in [3.63, 3.8) is 0 Å². The van der Waals surface area contributed by atoms with Gasteiger partial charge in [0.15, 0.2) is 0 Å². The summed E-state index contributed by atoms with van der Waals surface area (Å²) in [6, 6.07) is 5.92. The molecule has 2 rings (SSSR count). The smallest absolute Gasteiger partial charge is 0.229 e. The van der Waals surface area contributed by atoms with E-state index in [4.69, 9.17) is 0 Å². The van der Waals surface area contributed by atoms with E-state index in [0.717, 1.165) is 10.5 Å². The first-order valence-corrected chi connectivity index (χ1v) is 6.79. The third-order valence-electron chi connectivity index (χ3n) is 3.46. The van der Waals surface area contributed by atoms with Crippen LogP contribution < -0.4 is 0 Å². The first-order chi connectivity index (χ1) is 9.97. The molecule has 1 heterocycles. The van der Waals surface area contributed by atoms with Gasteiger partial charge in [-0.2, -0.15) is 0 Å². The van der Waals surface area contributed by atoms with Crippen molar-refractivity contribution >= 4 is 17.7 Å². The SMILES string of the molecule is CN(Cc1ccc(F)cc1)C(=O)CCN1C(=O)CCC1=O. The predicted molar refractivity (Wildman–Crippen MR) is 73.4 cm³/mol. The fourth-order valence-electron chi connectivity index (χ4n) is 2.22. The number of carbonyl (C=O) groups excluding carboxylic acids is 3. The van der Waals surface area contributed by atoms with Gasteiger partial charge in [-0.1, -0.05) is 12.1 Å². The Morgan fingerprint density at radius 1 is 1.19 bits per heavy atom. The highest BCUT2D eigenvalue weighted by Gasteiger charge is 2.29. The van der Waals surface area contributed by atoms with Crippen LogP contribution in [0.1, 0.15) is 24.8 Å². The molecule has 0 bridgehead atoms. The van der Waals surface area contributed by atoms with Crippen LogP contribution in [0.4, 0.5) is 4.39 Å². The average molecular weight is 292 g/mol. The molecule has 0 aliphatic carbocycles. The van der Waals surface area contributed by atoms with Gasteiger partial charge in [-0.25, -0.2) is 4.39 Å². The molecule has 1 aromatic rings. The second kappa shape index (κ2) is 6.47. The zero-order valence-electron chi connectivity index (χ0n) is 11.8. The van der Waals surface area contributed by atoms with Gasteiger partial charge in [0.25, 0.3) is 0 Å². The first-order valence-electron chi connectivity index (χ1n) is 6.79. The number of rotatable bonds is 5. The molecule has 21 heavy (non-hydrogen) atoms. The number of amides is 3. The number of likely N-dealkylation sites (tertiary alicyclic amines) is 1. The summed E-state index contributed by atoms with van der Waals surface area (Å²) in [5, 5.41) is 0. The number of carbonyl (C=O) groups is 3. The maximum Gasteiger partial charge on any atom is 0.229 e. The summed E-state index contributed by atoms with van der Waals surface area (Å²) >= 11 is 0. The topological polar surface area (TPSA) is 57.7 Å². The van der Waals surface area contributed by atoms with E-state index in [0.29, 0.717) is 6.54 Å². The quantitative estimate of drug-likeness (QED) is 0.769. The van der Waals surface area contributed by atoms with Crippen molar-refractivity contribution < 1.29 is 18.8 Å². The fourth-order valence-corrected chi connectivity index (χ4v) is 2.22. The molecule has 1 fully saturated rings. The van der Waals surface area contributed by atoms with Crippen molar-refractivity contribution in [1.29, 1.82) is 0 Å². The van der Waals surface area contributed by atoms with Crippen molar-refractivity contribution in [3.8, 4) is 0 Å². The molecular formula is C15H17FN2O3. The highest BCUT2D eigenvalue weighted by molar-refractivity contribution is 6.02. The zero-order valence-corrected chi connectivity index (χ0v) is 11.8. The van der Waals surface area contributed by atoms with Crippen LogP contribution in [0.5, 0.6) is 0 Å². The van der Waals surface area contributed by atoms with E-state index in [1.165, 1.54) is 17.0 Å². The van der Waals surface area contributed by atoms with E-state index in [2.05, 4.69) is 0 Å². The van der Waals surface area contributed by atoms with Gasteiger partial charge in [-0.3, -0.25) is 19.3 Å². The maximum absolute atomic E-state index is 12.8. The van der Waals surface area contributed by atoms with Crippen molar-refractivity contribution in [2.45, 2.75) is 25.8 Å². The molecule has 5 nitrogen and oxygen atoms in total. The lowest BCUT2D eigenvalue weighted by molar-refractivity contribution is -0.139. The molecule has 1 saturated heterocycles. The van der Waals surface area contributed by atoms with Gasteiger partial charge in [0.05, 0.1) is 0 Å². The number of hydrogen-bond donors (Lipinski definition) is 0. The predicted octanol–water partition coefficient (Wildman–Crippen LogP) is 1.32. The van der Waals surface area contributed by atoms with Gasteiger partial charge >= 0.3 is 0 Å². The summed E-state index contributed by atoms with van der Waals surface area (Å²) in [5.74, 6) is -0.909. The Bertz CT molecular complexity index is 541. The van der Waals surface area contributed by atoms with Crippen LogP contribution in [0.2, 0.25) is 0 Å². The molecule has 0 saturated carbocycles. The lowest BCUT2D eigenvalue weighted by Crippen LogP contribution is -2.34. The van der Waals surface area contributed by atoms with Gasteiger partial charge in [0.1, 0.15) is 5.82 Å². The summed E-state index contributed by atoms with van der Waals surface area (Å²) in [4.78, 5) is 37.5. The summed E-state index contributed by atoms with van der Waals surface area (Å²) in [5.41, 5.74) is 0.820. The van der Waals surface area contributed by atoms with Crippen molar-refractivity contribution in [2.24, 2.45) is 0 Å². The van der Waals surface area contributed by atoms with E-state index in [-0.39, 0.29) is 49.3 Å². The Kier molecular flexibility index (Phi) is 4.67. The standard InChI is InChI=1S/C15H17FN2O3/c1-17(10-11-2-4-12(16)5-3-11)13(19)8-9-18-14(20)6-7-15(18)21/h2-5H,6-10H2,1H3. The molecule has 3 amide bonds. The Labute approximate surface area is 122 Å². The van der Waals surface area contributed by atoms with E-state index < -0.39 is 0 Å². The minimum absolute atomic E-state index is 0.106. The minimum Gasteiger partial charge on any atom is -0.341 e. The summed E-state index contributed by atoms with van der Waals surface area (Å²) in [6.07, 6.45) is 0.575. The number of halogens is 1. The van der Waals surface area contributed by atoms with Crippen molar-refractivity contribution in [3.05, 3.63) is 35.6 Å². The molecule has 0 spiro atoms. The minimum atomic E-state index is -0.321. The Hall–Kier alpha value is -2.24. The lowest BCUT2D eigenvalue weighted by Gasteiger charge is -2.19. The van der Waals surface area contributed by atoms with Gasteiger partial charge < -0.3 is 4.90 Å². The third kappa shape index (κ3) is 3.87. The number of nitrogens with zero attached hydrogens (tertiary/aromatic N) is 2. The van der Waals surface area contributed by atoms with Gasteiger partial charge in [0, 0.05) is 39.4 Å². The van der Waals surface area contributed by atoms with E-state index in [1.54, 1.807) is 19.2 Å². The Morgan fingerprint density at radius 2 is 1.76 bits per heavy atom. The van der Waals surface area contributed by atoms with Gasteiger partial charge in [-0.15, -0.1) is 0 Å². The number of imide groups is 1. The number of benzene rings is 1. The van der Waals surface area contributed by atoms with Gasteiger partial charge in [-0.05, 0) is 17.7 Å². The normalized spacial score (nSPS) is 14.7. The average Bonchev–Trinajstić information content (AvgIpc) is 2.78. The molecule has 0 N–H and O–H groups in total. The maximum atomic E-state index is 12.8. The first kappa shape index (κ1) is 15.2. The summed E-state index contributed by atoms with van der Waals surface area (Å²) < 4.78 is 12.8. The van der Waals surface area contributed by atoms with E-state index >= 15 is 0 Å². The summed E-state index contributed by atoms with van der Waals surface area (Å²) in [6.45, 7) is 0.491. The van der Waals surface area contributed by atoms with Crippen molar-refractivity contribution in [1.82, 2.24) is 9.80 Å². The molecule has 0 unspecified atom stereocenters. The van der Waals surface area contributed by atoms with Crippen LogP contribution >= 0.6 is 0 Å². The largest absolute Gasteiger partial charge is 0.341 e. The van der Waals surface area contributed by atoms with Gasteiger partial charge in [0.2, 0.25) is 17.7 Å². The van der Waals surface area contributed by atoms with Crippen LogP contribution in [0.15, 0.2) is 24.3 Å². The van der Waals surface area contributed by atoms with Crippen molar-refractivity contribution in [2.75, 3.05) is 13.6 Å². The second-order valence-corrected chi connectivity index (χ2v) is 5.07. The number of hydrogen-bond acceptors (Lipinski definition) is 3. The highest BCUT2D eigenvalue weighted by Crippen LogP contribution is 2.13. The van der Waals surface area contributed by atoms with E-state index in [9.17, 15) is 18.8 Å². The van der Waals surface area contributed by atoms with Crippen LogP contribution in [-0.2, 0) is 20.9 Å². The Morgan fingerprint density at radius 3 is 2.33 bits per heavy atom. The molecule has 1 aliphatic heterocycles. The molecule has 0 radical (unpaired) electrons. The molecule has 112 valence electrons. The molecular weight excluding hydrogens is 275 g/mol. The molecule has 0 atom stereocenters. The zero-order chi connectivity index (χ0) is 15.4. The summed E-state index contributed by atoms with van der Waals surface area (Å²) in [7, 11) is 1.64. The molecule has 1 aliphatic rings. The third-order valence-corrected chi connectivity index (χ3v) is 3.46. The second-order valence-electron chi connectivity index (χ2n) is 5.07. The fraction of sp³-hybridized carbons (Fsp3) is 0.400. The van der Waals surface area contributed by atoms with Crippen LogP contribution in [-0.4, -0.2) is 41.1 Å². The van der Waals surface area contributed by atoms with Crippen LogP contribution in [0, 0.1) is 5.82 Å². The Balaban J connectivity index is 1.83. The monoisotopic (exact) mass is 292 g/mol. The molecule has 1 aromatic carbocycles.